The molecule has 0 aliphatic carbocycles. The highest BCUT2D eigenvalue weighted by molar-refractivity contribution is 5.85. The molecular weight excluding hydrogens is 158 g/mol. The first-order valence-corrected chi connectivity index (χ1v) is 4.35. The van der Waals surface area contributed by atoms with Crippen molar-refractivity contribution in [1.29, 1.82) is 0 Å². The van der Waals surface area contributed by atoms with Gasteiger partial charge >= 0.3 is 0 Å². The summed E-state index contributed by atoms with van der Waals surface area (Å²) < 4.78 is 0. The summed E-state index contributed by atoms with van der Waals surface area (Å²) in [5.74, 6) is 0.833. The number of nitrogens with two attached hydrogens (primary N) is 1. The van der Waals surface area contributed by atoms with Crippen molar-refractivity contribution in [2.24, 2.45) is 11.7 Å². The third kappa shape index (κ3) is 66.0. The van der Waals surface area contributed by atoms with Crippen LogP contribution in [0.4, 0.5) is 0 Å². The van der Waals surface area contributed by atoms with E-state index >= 15 is 0 Å². The largest absolute Gasteiger partial charge is 0.330 e. The SMILES string of the molecule is CC(C)C.CCCCCN.Cl. The van der Waals surface area contributed by atoms with Crippen LogP contribution in [-0.2, 0) is 0 Å². The van der Waals surface area contributed by atoms with E-state index in [4.69, 9.17) is 5.73 Å². The van der Waals surface area contributed by atoms with Gasteiger partial charge in [-0.25, -0.2) is 0 Å². The van der Waals surface area contributed by atoms with Gasteiger partial charge in [0.25, 0.3) is 0 Å². The summed E-state index contributed by atoms with van der Waals surface area (Å²) in [7, 11) is 0. The second kappa shape index (κ2) is 16.7. The zero-order chi connectivity index (χ0) is 8.41. The van der Waals surface area contributed by atoms with Gasteiger partial charge in [-0.1, -0.05) is 40.5 Å². The number of hydrogen-bond donors (Lipinski definition) is 1. The zero-order valence-corrected chi connectivity index (χ0v) is 9.21. The summed E-state index contributed by atoms with van der Waals surface area (Å²) in [6, 6.07) is 0. The molecule has 0 aromatic heterocycles. The average Bonchev–Trinajstić information content (AvgIpc) is 1.82. The van der Waals surface area contributed by atoms with E-state index in [1.807, 2.05) is 0 Å². The van der Waals surface area contributed by atoms with Crippen molar-refractivity contribution in [2.75, 3.05) is 6.54 Å². The van der Waals surface area contributed by atoms with Crippen LogP contribution >= 0.6 is 12.4 Å². The van der Waals surface area contributed by atoms with Crippen LogP contribution in [0.5, 0.6) is 0 Å². The molecule has 0 heterocycles. The van der Waals surface area contributed by atoms with Gasteiger partial charge in [0.15, 0.2) is 0 Å². The lowest BCUT2D eigenvalue weighted by molar-refractivity contribution is 0.727. The molecular formula is C9H24ClN. The normalized spacial score (nSPS) is 8.18. The van der Waals surface area contributed by atoms with E-state index in [2.05, 4.69) is 27.7 Å². The molecule has 0 aliphatic rings. The average molecular weight is 182 g/mol. The summed E-state index contributed by atoms with van der Waals surface area (Å²) in [4.78, 5) is 0. The summed E-state index contributed by atoms with van der Waals surface area (Å²) >= 11 is 0. The number of halogens is 1. The first kappa shape index (κ1) is 17.4. The van der Waals surface area contributed by atoms with Gasteiger partial charge in [-0.3, -0.25) is 0 Å². The smallest absolute Gasteiger partial charge is 0.00773 e. The predicted octanol–water partition coefficient (Wildman–Crippen LogP) is 3.22. The van der Waals surface area contributed by atoms with Crippen molar-refractivity contribution in [3.05, 3.63) is 0 Å². The molecule has 0 saturated heterocycles. The van der Waals surface area contributed by atoms with Gasteiger partial charge in [-0.05, 0) is 18.9 Å². The molecule has 0 aromatic rings. The number of hydrogen-bond acceptors (Lipinski definition) is 1. The van der Waals surface area contributed by atoms with Crippen LogP contribution in [0.15, 0.2) is 0 Å². The fourth-order valence-corrected chi connectivity index (χ4v) is 0.394. The van der Waals surface area contributed by atoms with Crippen molar-refractivity contribution in [1.82, 2.24) is 0 Å². The Morgan fingerprint density at radius 1 is 1.09 bits per heavy atom. The number of rotatable bonds is 3. The van der Waals surface area contributed by atoms with Crippen molar-refractivity contribution >= 4 is 12.4 Å². The Morgan fingerprint density at radius 3 is 1.55 bits per heavy atom. The zero-order valence-electron chi connectivity index (χ0n) is 8.39. The first-order valence-electron chi connectivity index (χ1n) is 4.35. The van der Waals surface area contributed by atoms with Gasteiger partial charge in [0.1, 0.15) is 0 Å². The van der Waals surface area contributed by atoms with Crippen molar-refractivity contribution in [3.63, 3.8) is 0 Å². The molecule has 0 aliphatic heterocycles. The van der Waals surface area contributed by atoms with Crippen LogP contribution in [0, 0.1) is 5.92 Å². The van der Waals surface area contributed by atoms with Gasteiger partial charge < -0.3 is 5.73 Å². The molecule has 72 valence electrons. The Kier molecular flexibility index (Phi) is 26.3. The van der Waals surface area contributed by atoms with Crippen LogP contribution in [0.3, 0.4) is 0 Å². The summed E-state index contributed by atoms with van der Waals surface area (Å²) in [5, 5.41) is 0. The van der Waals surface area contributed by atoms with Crippen molar-refractivity contribution in [3.8, 4) is 0 Å². The van der Waals surface area contributed by atoms with Crippen LogP contribution in [0.1, 0.15) is 47.0 Å². The minimum Gasteiger partial charge on any atom is -0.330 e. The Balaban J connectivity index is -0.000000114. The lowest BCUT2D eigenvalue weighted by atomic mass is 10.3. The Bertz CT molecular complexity index is 40.1. The molecule has 0 aromatic carbocycles. The van der Waals surface area contributed by atoms with Gasteiger partial charge in [0.05, 0.1) is 0 Å². The summed E-state index contributed by atoms with van der Waals surface area (Å²) in [6.45, 7) is 9.53. The monoisotopic (exact) mass is 181 g/mol. The highest BCUT2D eigenvalue weighted by atomic mass is 35.5. The van der Waals surface area contributed by atoms with E-state index in [0.717, 1.165) is 12.5 Å². The van der Waals surface area contributed by atoms with E-state index < -0.39 is 0 Å². The lowest BCUT2D eigenvalue weighted by Gasteiger charge is -1.86. The Labute approximate surface area is 78.2 Å². The number of unbranched alkanes of at least 4 members (excludes halogenated alkanes) is 2. The van der Waals surface area contributed by atoms with E-state index in [1.165, 1.54) is 19.3 Å². The minimum atomic E-state index is 0. The molecule has 0 unspecified atom stereocenters. The molecule has 0 amide bonds. The summed E-state index contributed by atoms with van der Waals surface area (Å²) in [6.07, 6.45) is 3.75. The predicted molar refractivity (Wildman–Crippen MR) is 56.3 cm³/mol. The maximum atomic E-state index is 5.21. The van der Waals surface area contributed by atoms with E-state index in [0.29, 0.717) is 0 Å². The Morgan fingerprint density at radius 2 is 1.45 bits per heavy atom. The molecule has 1 nitrogen and oxygen atoms in total. The lowest BCUT2D eigenvalue weighted by Crippen LogP contribution is -1.96. The van der Waals surface area contributed by atoms with Gasteiger partial charge in [0, 0.05) is 0 Å². The second-order valence-electron chi connectivity index (χ2n) is 3.23. The molecule has 2 heteroatoms. The standard InChI is InChI=1S/C5H13N.C4H10.ClH/c1-2-3-4-5-6;1-4(2)3;/h2-6H2,1H3;4H,1-3H3;1H. The fourth-order valence-electron chi connectivity index (χ4n) is 0.394. The molecule has 2 N–H and O–H groups in total. The molecule has 0 radical (unpaired) electrons. The minimum absolute atomic E-state index is 0. The highest BCUT2D eigenvalue weighted by Crippen LogP contribution is 1.88. The molecule has 0 bridgehead atoms. The van der Waals surface area contributed by atoms with Crippen molar-refractivity contribution in [2.45, 2.75) is 47.0 Å². The molecule has 0 saturated carbocycles. The van der Waals surface area contributed by atoms with Gasteiger partial charge in [-0.2, -0.15) is 0 Å². The molecule has 0 atom stereocenters. The quantitative estimate of drug-likeness (QED) is 0.665. The second-order valence-corrected chi connectivity index (χ2v) is 3.23. The van der Waals surface area contributed by atoms with Crippen molar-refractivity contribution < 1.29 is 0 Å². The first-order chi connectivity index (χ1) is 4.65. The summed E-state index contributed by atoms with van der Waals surface area (Å²) in [5.41, 5.74) is 5.21. The van der Waals surface area contributed by atoms with Crippen LogP contribution in [0.2, 0.25) is 0 Å². The Hall–Kier alpha value is 0.250. The van der Waals surface area contributed by atoms with E-state index in [1.54, 1.807) is 0 Å². The van der Waals surface area contributed by atoms with Gasteiger partial charge in [0.2, 0.25) is 0 Å². The third-order valence-electron chi connectivity index (χ3n) is 0.808. The van der Waals surface area contributed by atoms with Crippen LogP contribution in [0.25, 0.3) is 0 Å². The molecule has 0 rings (SSSR count). The van der Waals surface area contributed by atoms with Gasteiger partial charge in [-0.15, -0.1) is 12.4 Å². The van der Waals surface area contributed by atoms with E-state index in [9.17, 15) is 0 Å². The molecule has 11 heavy (non-hydrogen) atoms. The highest BCUT2D eigenvalue weighted by Gasteiger charge is 1.75. The van der Waals surface area contributed by atoms with E-state index in [-0.39, 0.29) is 12.4 Å². The molecule has 0 spiro atoms. The maximum Gasteiger partial charge on any atom is -0.00773 e. The fraction of sp³-hybridized carbons (Fsp3) is 1.00. The molecule has 0 fully saturated rings. The third-order valence-corrected chi connectivity index (χ3v) is 0.808. The van der Waals surface area contributed by atoms with Crippen LogP contribution in [-0.4, -0.2) is 6.54 Å². The topological polar surface area (TPSA) is 26.0 Å². The van der Waals surface area contributed by atoms with Crippen LogP contribution < -0.4 is 5.73 Å². The maximum absolute atomic E-state index is 5.21.